The van der Waals surface area contributed by atoms with Crippen LogP contribution in [-0.4, -0.2) is 18.3 Å². The lowest BCUT2D eigenvalue weighted by molar-refractivity contribution is 0.842. The molecular formula is C11H16N4. The van der Waals surface area contributed by atoms with Crippen molar-refractivity contribution in [2.75, 3.05) is 6.52 Å². The van der Waals surface area contributed by atoms with Gasteiger partial charge < -0.3 is 10.6 Å². The van der Waals surface area contributed by atoms with E-state index in [1.54, 1.807) is 30.3 Å². The molecule has 0 radical (unpaired) electrons. The summed E-state index contributed by atoms with van der Waals surface area (Å²) in [7, 11) is 0. The largest absolute Gasteiger partial charge is 0.356 e. The van der Waals surface area contributed by atoms with Gasteiger partial charge in [-0.25, -0.2) is 0 Å². The average Bonchev–Trinajstić information content (AvgIpc) is 2.28. The maximum Gasteiger partial charge on any atom is 0.193 e. The minimum absolute atomic E-state index is 0.0555. The van der Waals surface area contributed by atoms with E-state index in [0.717, 1.165) is 0 Å². The van der Waals surface area contributed by atoms with Gasteiger partial charge in [0.25, 0.3) is 0 Å². The van der Waals surface area contributed by atoms with E-state index in [1.807, 2.05) is 0 Å². The zero-order chi connectivity index (χ0) is 13.8. The summed E-state index contributed by atoms with van der Waals surface area (Å²) in [5, 5.41) is 19.3. The van der Waals surface area contributed by atoms with Crippen molar-refractivity contribution in [2.24, 2.45) is 0 Å². The van der Waals surface area contributed by atoms with Gasteiger partial charge in [0.1, 0.15) is 0 Å². The number of rotatable bonds is 3. The first kappa shape index (κ1) is 7.45. The predicted molar refractivity (Wildman–Crippen MR) is 62.4 cm³/mol. The van der Waals surface area contributed by atoms with Crippen LogP contribution in [0.4, 0.5) is 0 Å². The number of guanidine groups is 1. The van der Waals surface area contributed by atoms with E-state index in [0.29, 0.717) is 5.56 Å². The molecule has 4 nitrogen and oxygen atoms in total. The molecule has 80 valence electrons. The highest BCUT2D eigenvalue weighted by molar-refractivity contribution is 5.95. The summed E-state index contributed by atoms with van der Waals surface area (Å²) in [5.74, 6) is -0.206. The maximum absolute atomic E-state index is 7.89. The number of amidine groups is 1. The lowest BCUT2D eigenvalue weighted by atomic mass is 10.1. The van der Waals surface area contributed by atoms with Gasteiger partial charge in [0.15, 0.2) is 5.96 Å². The van der Waals surface area contributed by atoms with E-state index in [9.17, 15) is 0 Å². The average molecular weight is 207 g/mol. The molecule has 1 aromatic rings. The van der Waals surface area contributed by atoms with Gasteiger partial charge in [-0.15, -0.1) is 0 Å². The second-order valence-corrected chi connectivity index (χ2v) is 2.92. The zero-order valence-corrected chi connectivity index (χ0v) is 8.46. The Morgan fingerprint density at radius 1 is 1.33 bits per heavy atom. The second-order valence-electron chi connectivity index (χ2n) is 2.92. The van der Waals surface area contributed by atoms with Gasteiger partial charge in [0, 0.05) is 10.6 Å². The van der Waals surface area contributed by atoms with Crippen molar-refractivity contribution in [3.8, 4) is 0 Å². The fourth-order valence-corrected chi connectivity index (χ4v) is 0.950. The van der Waals surface area contributed by atoms with Crippen molar-refractivity contribution >= 4 is 11.8 Å². The normalized spacial score (nSPS) is 15.4. The Morgan fingerprint density at radius 2 is 2.00 bits per heavy atom. The van der Waals surface area contributed by atoms with E-state index in [2.05, 4.69) is 10.6 Å². The third kappa shape index (κ3) is 4.81. The zero-order valence-electron chi connectivity index (χ0n) is 11.5. The number of nitrogens with one attached hydrogen (secondary N) is 4. The van der Waals surface area contributed by atoms with Gasteiger partial charge in [-0.05, 0) is 18.9 Å². The van der Waals surface area contributed by atoms with E-state index in [4.69, 9.17) is 14.9 Å². The minimum atomic E-state index is -1.93. The fraction of sp³-hybridized carbons (Fsp3) is 0.273. The van der Waals surface area contributed by atoms with Crippen molar-refractivity contribution in [2.45, 2.75) is 13.3 Å². The molecule has 0 heterocycles. The molecule has 1 rings (SSSR count). The highest BCUT2D eigenvalue weighted by Crippen LogP contribution is 1.97. The molecule has 0 spiro atoms. The quantitative estimate of drug-likeness (QED) is 0.446. The molecule has 0 saturated heterocycles. The predicted octanol–water partition coefficient (Wildman–Crippen LogP) is 1.34. The van der Waals surface area contributed by atoms with Crippen LogP contribution in [0.3, 0.4) is 0 Å². The van der Waals surface area contributed by atoms with Crippen LogP contribution in [0.15, 0.2) is 30.3 Å². The summed E-state index contributed by atoms with van der Waals surface area (Å²) in [6.07, 6.45) is -1.93. The fourth-order valence-electron chi connectivity index (χ4n) is 0.950. The summed E-state index contributed by atoms with van der Waals surface area (Å²) in [4.78, 5) is 0. The topological polar surface area (TPSA) is 71.8 Å². The maximum atomic E-state index is 7.89. The summed E-state index contributed by atoms with van der Waals surface area (Å²) in [6, 6.07) is 8.37. The van der Waals surface area contributed by atoms with Gasteiger partial charge in [-0.1, -0.05) is 30.3 Å². The van der Waals surface area contributed by atoms with Gasteiger partial charge >= 0.3 is 0 Å². The molecule has 15 heavy (non-hydrogen) atoms. The lowest BCUT2D eigenvalue weighted by Crippen LogP contribution is -2.39. The number of hydrogen-bond acceptors (Lipinski definition) is 2. The van der Waals surface area contributed by atoms with Gasteiger partial charge in [-0.2, -0.15) is 0 Å². The monoisotopic (exact) mass is 207 g/mol. The third-order valence-corrected chi connectivity index (χ3v) is 1.54. The second kappa shape index (κ2) is 5.80. The van der Waals surface area contributed by atoms with Crippen LogP contribution in [0.2, 0.25) is 0 Å². The molecule has 0 aliphatic rings. The van der Waals surface area contributed by atoms with Crippen molar-refractivity contribution in [3.05, 3.63) is 35.9 Å². The molecule has 1 aromatic carbocycles. The van der Waals surface area contributed by atoms with E-state index >= 15 is 0 Å². The minimum Gasteiger partial charge on any atom is -0.356 e. The Balaban J connectivity index is 2.74. The number of benzene rings is 1. The smallest absolute Gasteiger partial charge is 0.193 e. The van der Waals surface area contributed by atoms with Gasteiger partial charge in [-0.3, -0.25) is 10.8 Å². The summed E-state index contributed by atoms with van der Waals surface area (Å²) < 4.78 is 23.5. The molecule has 4 N–H and O–H groups in total. The van der Waals surface area contributed by atoms with Crippen LogP contribution < -0.4 is 10.6 Å². The van der Waals surface area contributed by atoms with Crippen LogP contribution in [0.1, 0.15) is 16.6 Å². The van der Waals surface area contributed by atoms with Crippen molar-refractivity contribution in [1.29, 1.82) is 10.8 Å². The Bertz CT molecular complexity index is 433. The molecule has 0 bridgehead atoms. The SMILES string of the molecule is [2H]C(NC(=N)NC(C)=N)C([2H])([2H])c1ccccc1. The van der Waals surface area contributed by atoms with Crippen molar-refractivity contribution in [1.82, 2.24) is 10.6 Å². The first-order valence-electron chi connectivity index (χ1n) is 6.07. The lowest BCUT2D eigenvalue weighted by Gasteiger charge is -2.08. The van der Waals surface area contributed by atoms with Crippen LogP contribution >= 0.6 is 0 Å². The van der Waals surface area contributed by atoms with Crippen LogP contribution in [0, 0.1) is 10.8 Å². The van der Waals surface area contributed by atoms with Crippen molar-refractivity contribution < 1.29 is 4.11 Å². The first-order chi connectivity index (χ1) is 8.34. The number of hydrogen-bond donors (Lipinski definition) is 4. The Hall–Kier alpha value is -1.84. The highest BCUT2D eigenvalue weighted by Gasteiger charge is 1.95. The Labute approximate surface area is 93.9 Å². The molecule has 0 aliphatic carbocycles. The van der Waals surface area contributed by atoms with Crippen LogP contribution in [-0.2, 0) is 6.37 Å². The van der Waals surface area contributed by atoms with Crippen LogP contribution in [0.5, 0.6) is 0 Å². The molecule has 1 unspecified atom stereocenters. The van der Waals surface area contributed by atoms with Gasteiger partial charge in [0.05, 0.1) is 5.84 Å². The standard InChI is InChI=1S/C11H16N4/c1-9(12)15-11(13)14-8-7-10-5-3-2-4-6-10/h2-6H,7-8H2,1H3,(H4,12,13,14,15)/i7D2,8D. The van der Waals surface area contributed by atoms with Gasteiger partial charge in [0.2, 0.25) is 0 Å². The highest BCUT2D eigenvalue weighted by atomic mass is 15.1. The number of aryl methyl sites for hydroxylation is 1. The molecule has 0 aromatic heterocycles. The van der Waals surface area contributed by atoms with Crippen LogP contribution in [0.25, 0.3) is 0 Å². The molecule has 0 saturated carbocycles. The molecule has 4 heteroatoms. The molecule has 0 amide bonds. The van der Waals surface area contributed by atoms with E-state index < -0.39 is 12.9 Å². The molecule has 0 aliphatic heterocycles. The summed E-state index contributed by atoms with van der Waals surface area (Å²) >= 11 is 0. The summed E-state index contributed by atoms with van der Waals surface area (Å²) in [6.45, 7) is 0.125. The Kier molecular flexibility index (Phi) is 2.88. The van der Waals surface area contributed by atoms with Crippen molar-refractivity contribution in [3.63, 3.8) is 0 Å². The Morgan fingerprint density at radius 3 is 2.60 bits per heavy atom. The first-order valence-corrected chi connectivity index (χ1v) is 4.49. The third-order valence-electron chi connectivity index (χ3n) is 1.54. The summed E-state index contributed by atoms with van der Waals surface area (Å²) in [5.41, 5.74) is 0.372. The van der Waals surface area contributed by atoms with E-state index in [1.165, 1.54) is 6.92 Å². The van der Waals surface area contributed by atoms with E-state index in [-0.39, 0.29) is 11.8 Å². The molecule has 1 atom stereocenters. The molecular weight excluding hydrogens is 188 g/mol. The molecule has 0 fully saturated rings.